The van der Waals surface area contributed by atoms with Gasteiger partial charge < -0.3 is 9.64 Å². The van der Waals surface area contributed by atoms with E-state index in [1.165, 1.54) is 0 Å². The maximum atomic E-state index is 5.28. The Hall–Kier alpha value is -2.61. The molecule has 2 aromatic heterocycles. The van der Waals surface area contributed by atoms with Gasteiger partial charge in [0.15, 0.2) is 0 Å². The predicted octanol–water partition coefficient (Wildman–Crippen LogP) is 1.26. The molecule has 8 heteroatoms. The first-order valence-electron chi connectivity index (χ1n) is 8.02. The summed E-state index contributed by atoms with van der Waals surface area (Å²) < 4.78 is 9.57. The summed E-state index contributed by atoms with van der Waals surface area (Å²) in [4.78, 5) is 7.04. The van der Waals surface area contributed by atoms with Crippen LogP contribution in [-0.2, 0) is 11.4 Å². The molecular formula is C16H21N7O. The van der Waals surface area contributed by atoms with Crippen LogP contribution in [-0.4, -0.2) is 51.4 Å². The molecule has 1 aliphatic heterocycles. The van der Waals surface area contributed by atoms with Crippen molar-refractivity contribution in [3.8, 4) is 0 Å². The van der Waals surface area contributed by atoms with Gasteiger partial charge in [-0.1, -0.05) is 12.1 Å². The van der Waals surface area contributed by atoms with Crippen molar-refractivity contribution in [2.45, 2.75) is 20.5 Å². The lowest BCUT2D eigenvalue weighted by Gasteiger charge is -2.39. The van der Waals surface area contributed by atoms with Crippen LogP contribution in [0.4, 0.5) is 5.95 Å². The van der Waals surface area contributed by atoms with Crippen LogP contribution in [0.3, 0.4) is 0 Å². The smallest absolute Gasteiger partial charge is 0.209 e. The van der Waals surface area contributed by atoms with E-state index in [1.54, 1.807) is 7.11 Å². The zero-order valence-corrected chi connectivity index (χ0v) is 14.2. The van der Waals surface area contributed by atoms with Gasteiger partial charge in [0.2, 0.25) is 5.95 Å². The van der Waals surface area contributed by atoms with Crippen molar-refractivity contribution >= 4 is 17.0 Å². The summed E-state index contributed by atoms with van der Waals surface area (Å²) in [6.45, 7) is 6.79. The molecule has 0 spiro atoms. The molecule has 0 fully saturated rings. The molecule has 0 N–H and O–H groups in total. The fourth-order valence-corrected chi connectivity index (χ4v) is 3.28. The monoisotopic (exact) mass is 327 g/mol. The maximum Gasteiger partial charge on any atom is 0.209 e. The molecule has 4 rings (SSSR count). The van der Waals surface area contributed by atoms with Crippen LogP contribution in [0.5, 0.6) is 0 Å². The zero-order chi connectivity index (χ0) is 16.7. The van der Waals surface area contributed by atoms with Crippen LogP contribution >= 0.6 is 0 Å². The molecule has 0 bridgehead atoms. The summed E-state index contributed by atoms with van der Waals surface area (Å²) in [5.74, 6) is 2.74. The highest BCUT2D eigenvalue weighted by molar-refractivity contribution is 5.79. The van der Waals surface area contributed by atoms with Gasteiger partial charge >= 0.3 is 0 Å². The normalized spacial score (nSPS) is 14.5. The van der Waals surface area contributed by atoms with Crippen molar-refractivity contribution in [1.82, 2.24) is 24.4 Å². The highest BCUT2D eigenvalue weighted by atomic mass is 16.5. The molecule has 24 heavy (non-hydrogen) atoms. The Morgan fingerprint density at radius 3 is 2.58 bits per heavy atom. The standard InChI is InChI=1S/C16H21N7O/c1-12-18-19-13(2)23(12)21-10-20(8-9-24-3)16-17-14-6-4-5-7-15(14)22(16)11-21/h4-7H,8-11H2,1-3H3. The van der Waals surface area contributed by atoms with Gasteiger partial charge in [0.25, 0.3) is 0 Å². The summed E-state index contributed by atoms with van der Waals surface area (Å²) >= 11 is 0. The van der Waals surface area contributed by atoms with Crippen LogP contribution < -0.4 is 9.91 Å². The first-order valence-corrected chi connectivity index (χ1v) is 8.02. The number of anilines is 1. The number of benzene rings is 1. The molecule has 1 aromatic carbocycles. The molecule has 0 amide bonds. The summed E-state index contributed by atoms with van der Waals surface area (Å²) in [7, 11) is 1.72. The third-order valence-corrected chi connectivity index (χ3v) is 4.36. The van der Waals surface area contributed by atoms with Crippen molar-refractivity contribution in [1.29, 1.82) is 0 Å². The third-order valence-electron chi connectivity index (χ3n) is 4.36. The number of aryl methyl sites for hydroxylation is 2. The minimum Gasteiger partial charge on any atom is -0.383 e. The van der Waals surface area contributed by atoms with E-state index in [4.69, 9.17) is 9.72 Å². The van der Waals surface area contributed by atoms with E-state index in [1.807, 2.05) is 26.0 Å². The van der Waals surface area contributed by atoms with Crippen molar-refractivity contribution in [3.63, 3.8) is 0 Å². The number of nitrogens with zero attached hydrogens (tertiary/aromatic N) is 7. The molecule has 126 valence electrons. The zero-order valence-electron chi connectivity index (χ0n) is 14.2. The van der Waals surface area contributed by atoms with Crippen LogP contribution in [0, 0.1) is 13.8 Å². The van der Waals surface area contributed by atoms with E-state index in [2.05, 4.69) is 41.5 Å². The van der Waals surface area contributed by atoms with Gasteiger partial charge in [0.05, 0.1) is 17.6 Å². The number of ether oxygens (including phenoxy) is 1. The Morgan fingerprint density at radius 1 is 1.08 bits per heavy atom. The van der Waals surface area contributed by atoms with Crippen molar-refractivity contribution in [2.75, 3.05) is 36.8 Å². The van der Waals surface area contributed by atoms with Gasteiger partial charge in [-0.25, -0.2) is 9.66 Å². The molecule has 0 saturated carbocycles. The second-order valence-electron chi connectivity index (χ2n) is 5.98. The number of imidazole rings is 1. The molecule has 0 unspecified atom stereocenters. The van der Waals surface area contributed by atoms with Gasteiger partial charge in [-0.2, -0.15) is 0 Å². The van der Waals surface area contributed by atoms with Crippen molar-refractivity contribution < 1.29 is 4.74 Å². The first-order chi connectivity index (χ1) is 11.7. The lowest BCUT2D eigenvalue weighted by molar-refractivity contribution is 0.203. The largest absolute Gasteiger partial charge is 0.383 e. The third kappa shape index (κ3) is 2.30. The quantitative estimate of drug-likeness (QED) is 0.719. The number of aromatic nitrogens is 5. The molecule has 3 heterocycles. The minimum absolute atomic E-state index is 0.650. The van der Waals surface area contributed by atoms with Gasteiger partial charge in [-0.15, -0.1) is 10.2 Å². The van der Waals surface area contributed by atoms with Gasteiger partial charge in [0.1, 0.15) is 25.0 Å². The van der Waals surface area contributed by atoms with E-state index >= 15 is 0 Å². The molecule has 0 aliphatic carbocycles. The Balaban J connectivity index is 1.80. The highest BCUT2D eigenvalue weighted by Crippen LogP contribution is 2.26. The van der Waals surface area contributed by atoms with E-state index in [0.29, 0.717) is 19.9 Å². The fraction of sp³-hybridized carbons (Fsp3) is 0.438. The van der Waals surface area contributed by atoms with Crippen LogP contribution in [0.25, 0.3) is 11.0 Å². The molecule has 8 nitrogen and oxygen atoms in total. The Kier molecular flexibility index (Phi) is 3.61. The summed E-state index contributed by atoms with van der Waals surface area (Å²) in [6.07, 6.45) is 0. The highest BCUT2D eigenvalue weighted by Gasteiger charge is 2.27. The second-order valence-corrected chi connectivity index (χ2v) is 5.98. The van der Waals surface area contributed by atoms with E-state index in [0.717, 1.165) is 35.2 Å². The van der Waals surface area contributed by atoms with Crippen LogP contribution in [0.2, 0.25) is 0 Å². The molecule has 1 aliphatic rings. The maximum absolute atomic E-state index is 5.28. The summed E-state index contributed by atoms with van der Waals surface area (Å²) in [5.41, 5.74) is 2.14. The summed E-state index contributed by atoms with van der Waals surface area (Å²) in [5, 5.41) is 10.6. The van der Waals surface area contributed by atoms with E-state index in [9.17, 15) is 0 Å². The Labute approximate surface area is 140 Å². The fourth-order valence-electron chi connectivity index (χ4n) is 3.28. The van der Waals surface area contributed by atoms with Gasteiger partial charge in [-0.05, 0) is 26.0 Å². The lowest BCUT2D eigenvalue weighted by atomic mass is 10.3. The van der Waals surface area contributed by atoms with Crippen molar-refractivity contribution in [3.05, 3.63) is 35.9 Å². The van der Waals surface area contributed by atoms with Crippen molar-refractivity contribution in [2.24, 2.45) is 0 Å². The average molecular weight is 327 g/mol. The molecule has 0 radical (unpaired) electrons. The van der Waals surface area contributed by atoms with E-state index < -0.39 is 0 Å². The Morgan fingerprint density at radius 2 is 1.83 bits per heavy atom. The average Bonchev–Trinajstić information content (AvgIpc) is 3.12. The number of rotatable bonds is 4. The number of fused-ring (bicyclic) bond motifs is 3. The second kappa shape index (κ2) is 5.79. The van der Waals surface area contributed by atoms with E-state index in [-0.39, 0.29) is 0 Å². The molecule has 0 saturated heterocycles. The van der Waals surface area contributed by atoms with Gasteiger partial charge in [-0.3, -0.25) is 9.58 Å². The number of methoxy groups -OCH3 is 1. The van der Waals surface area contributed by atoms with Crippen LogP contribution in [0.15, 0.2) is 24.3 Å². The number of hydrogen-bond donors (Lipinski definition) is 0. The van der Waals surface area contributed by atoms with Crippen LogP contribution in [0.1, 0.15) is 11.6 Å². The van der Waals surface area contributed by atoms with Gasteiger partial charge in [0, 0.05) is 13.7 Å². The summed E-state index contributed by atoms with van der Waals surface area (Å²) in [6, 6.07) is 8.22. The molecule has 0 atom stereocenters. The predicted molar refractivity (Wildman–Crippen MR) is 91.5 cm³/mol. The SMILES string of the molecule is COCCN1CN(n2c(C)nnc2C)Cn2c1nc1ccccc12. The number of para-hydroxylation sites is 2. The minimum atomic E-state index is 0.650. The molecular weight excluding hydrogens is 306 g/mol. The first kappa shape index (κ1) is 14.9. The molecule has 3 aromatic rings. The lowest BCUT2D eigenvalue weighted by Crippen LogP contribution is -2.51. The number of hydrogen-bond acceptors (Lipinski definition) is 6. The topological polar surface area (TPSA) is 64.2 Å². The Bertz CT molecular complexity index is 849.